The predicted molar refractivity (Wildman–Crippen MR) is 117 cm³/mol. The van der Waals surface area contributed by atoms with E-state index in [2.05, 4.69) is 45.2 Å². The number of ether oxygens (including phenoxy) is 1. The number of carbonyl (C=O) groups is 1. The molecule has 0 saturated carbocycles. The lowest BCUT2D eigenvalue weighted by Crippen LogP contribution is -2.25. The standard InChI is InChI=1S/C21H26BrN3O3/c1-5-25(6-2)18-8-7-16(19(26)11-18)12-23-24-20(27)13-28-21-14(3)9-17(22)10-15(21)4/h7-12,26H,5-6,13H2,1-4H3,(H,24,27)/b23-12-. The summed E-state index contributed by atoms with van der Waals surface area (Å²) in [6.07, 6.45) is 1.41. The lowest BCUT2D eigenvalue weighted by molar-refractivity contribution is -0.123. The van der Waals surface area contributed by atoms with Gasteiger partial charge >= 0.3 is 0 Å². The third kappa shape index (κ3) is 5.73. The van der Waals surface area contributed by atoms with Crippen molar-refractivity contribution in [2.24, 2.45) is 5.10 Å². The van der Waals surface area contributed by atoms with Crippen LogP contribution in [0.5, 0.6) is 11.5 Å². The Labute approximate surface area is 174 Å². The number of benzene rings is 2. The zero-order valence-corrected chi connectivity index (χ0v) is 18.2. The number of aryl methyl sites for hydroxylation is 2. The molecule has 0 radical (unpaired) electrons. The Morgan fingerprint density at radius 2 is 1.86 bits per heavy atom. The van der Waals surface area contributed by atoms with E-state index in [1.165, 1.54) is 6.21 Å². The lowest BCUT2D eigenvalue weighted by Gasteiger charge is -2.21. The van der Waals surface area contributed by atoms with Gasteiger partial charge < -0.3 is 14.7 Å². The Morgan fingerprint density at radius 1 is 1.21 bits per heavy atom. The van der Waals surface area contributed by atoms with Crippen molar-refractivity contribution < 1.29 is 14.6 Å². The third-order valence-corrected chi connectivity index (χ3v) is 4.77. The van der Waals surface area contributed by atoms with E-state index in [1.54, 1.807) is 12.1 Å². The highest BCUT2D eigenvalue weighted by atomic mass is 79.9. The van der Waals surface area contributed by atoms with Crippen LogP contribution >= 0.6 is 15.9 Å². The van der Waals surface area contributed by atoms with Gasteiger partial charge in [0.15, 0.2) is 6.61 Å². The second-order valence-corrected chi connectivity index (χ2v) is 7.28. The first-order chi connectivity index (χ1) is 13.3. The fourth-order valence-electron chi connectivity index (χ4n) is 2.90. The Kier molecular flexibility index (Phi) is 7.87. The molecule has 2 N–H and O–H groups in total. The quantitative estimate of drug-likeness (QED) is 0.470. The highest BCUT2D eigenvalue weighted by molar-refractivity contribution is 9.10. The molecule has 0 unspecified atom stereocenters. The van der Waals surface area contributed by atoms with Crippen molar-refractivity contribution >= 4 is 33.7 Å². The molecule has 28 heavy (non-hydrogen) atoms. The molecular formula is C21H26BrN3O3. The molecule has 0 aliphatic carbocycles. The van der Waals surface area contributed by atoms with Crippen LogP contribution in [0.25, 0.3) is 0 Å². The van der Waals surface area contributed by atoms with Crippen LogP contribution in [0.2, 0.25) is 0 Å². The van der Waals surface area contributed by atoms with Crippen LogP contribution in [-0.4, -0.2) is 36.9 Å². The summed E-state index contributed by atoms with van der Waals surface area (Å²) in [6, 6.07) is 9.24. The van der Waals surface area contributed by atoms with E-state index in [0.29, 0.717) is 11.3 Å². The maximum Gasteiger partial charge on any atom is 0.277 e. The number of hydrogen-bond donors (Lipinski definition) is 2. The minimum absolute atomic E-state index is 0.111. The molecule has 1 amide bonds. The molecule has 2 rings (SSSR count). The van der Waals surface area contributed by atoms with Crippen molar-refractivity contribution in [1.82, 2.24) is 5.43 Å². The Bertz CT molecular complexity index is 841. The van der Waals surface area contributed by atoms with E-state index in [-0.39, 0.29) is 18.3 Å². The number of hydrazone groups is 1. The van der Waals surface area contributed by atoms with Gasteiger partial charge in [-0.1, -0.05) is 15.9 Å². The van der Waals surface area contributed by atoms with Gasteiger partial charge in [-0.25, -0.2) is 5.43 Å². The molecule has 2 aromatic rings. The number of rotatable bonds is 8. The molecule has 150 valence electrons. The molecule has 7 heteroatoms. The average molecular weight is 448 g/mol. The minimum atomic E-state index is -0.378. The first-order valence-electron chi connectivity index (χ1n) is 9.15. The van der Waals surface area contributed by atoms with Crippen molar-refractivity contribution in [3.05, 3.63) is 51.5 Å². The summed E-state index contributed by atoms with van der Waals surface area (Å²) < 4.78 is 6.58. The summed E-state index contributed by atoms with van der Waals surface area (Å²) in [6.45, 7) is 9.54. The van der Waals surface area contributed by atoms with Gasteiger partial charge in [-0.2, -0.15) is 5.10 Å². The van der Waals surface area contributed by atoms with Crippen molar-refractivity contribution in [1.29, 1.82) is 0 Å². The molecule has 0 atom stereocenters. The number of carbonyl (C=O) groups excluding carboxylic acids is 1. The summed E-state index contributed by atoms with van der Waals surface area (Å²) in [5.74, 6) is 0.420. The van der Waals surface area contributed by atoms with Crippen molar-refractivity contribution in [2.75, 3.05) is 24.6 Å². The Morgan fingerprint density at radius 3 is 2.43 bits per heavy atom. The number of aromatic hydroxyl groups is 1. The molecule has 0 saturated heterocycles. The second-order valence-electron chi connectivity index (χ2n) is 6.37. The van der Waals surface area contributed by atoms with Gasteiger partial charge in [-0.3, -0.25) is 4.79 Å². The topological polar surface area (TPSA) is 74.2 Å². The SMILES string of the molecule is CCN(CC)c1ccc(/C=N\NC(=O)COc2c(C)cc(Br)cc2C)c(O)c1. The van der Waals surface area contributed by atoms with Gasteiger partial charge in [-0.05, 0) is 63.1 Å². The van der Waals surface area contributed by atoms with E-state index >= 15 is 0 Å². The fraction of sp³-hybridized carbons (Fsp3) is 0.333. The van der Waals surface area contributed by atoms with Gasteiger partial charge in [0.05, 0.1) is 6.21 Å². The van der Waals surface area contributed by atoms with Crippen LogP contribution in [-0.2, 0) is 4.79 Å². The summed E-state index contributed by atoms with van der Waals surface area (Å²) >= 11 is 3.43. The van der Waals surface area contributed by atoms with Crippen LogP contribution in [0, 0.1) is 13.8 Å². The van der Waals surface area contributed by atoms with Gasteiger partial charge in [0.25, 0.3) is 5.91 Å². The van der Waals surface area contributed by atoms with Crippen molar-refractivity contribution in [3.8, 4) is 11.5 Å². The van der Waals surface area contributed by atoms with Gasteiger partial charge in [0, 0.05) is 34.9 Å². The molecule has 2 aromatic carbocycles. The number of nitrogens with one attached hydrogen (secondary N) is 1. The number of amides is 1. The van der Waals surface area contributed by atoms with E-state index < -0.39 is 0 Å². The number of phenolic OH excluding ortho intramolecular Hbond substituents is 1. The Balaban J connectivity index is 1.93. The summed E-state index contributed by atoms with van der Waals surface area (Å²) in [7, 11) is 0. The monoisotopic (exact) mass is 447 g/mol. The lowest BCUT2D eigenvalue weighted by atomic mass is 10.1. The summed E-state index contributed by atoms with van der Waals surface area (Å²) in [5, 5.41) is 14.1. The van der Waals surface area contributed by atoms with E-state index in [4.69, 9.17) is 4.74 Å². The number of anilines is 1. The molecule has 0 heterocycles. The minimum Gasteiger partial charge on any atom is -0.507 e. The Hall–Kier alpha value is -2.54. The number of phenols is 1. The summed E-state index contributed by atoms with van der Waals surface area (Å²) in [5.41, 5.74) is 5.77. The molecule has 0 fully saturated rings. The van der Waals surface area contributed by atoms with Gasteiger partial charge in [-0.15, -0.1) is 0 Å². The molecule has 0 spiro atoms. The van der Waals surface area contributed by atoms with Crippen LogP contribution < -0.4 is 15.1 Å². The third-order valence-electron chi connectivity index (χ3n) is 4.31. The summed E-state index contributed by atoms with van der Waals surface area (Å²) in [4.78, 5) is 14.1. The predicted octanol–water partition coefficient (Wildman–Crippen LogP) is 4.15. The van der Waals surface area contributed by atoms with E-state index in [9.17, 15) is 9.90 Å². The smallest absolute Gasteiger partial charge is 0.277 e. The highest BCUT2D eigenvalue weighted by Gasteiger charge is 2.09. The largest absolute Gasteiger partial charge is 0.507 e. The van der Waals surface area contributed by atoms with Crippen molar-refractivity contribution in [3.63, 3.8) is 0 Å². The fourth-order valence-corrected chi connectivity index (χ4v) is 3.58. The van der Waals surface area contributed by atoms with Gasteiger partial charge in [0.2, 0.25) is 0 Å². The maximum absolute atomic E-state index is 12.0. The van der Waals surface area contributed by atoms with E-state index in [0.717, 1.165) is 34.4 Å². The zero-order chi connectivity index (χ0) is 20.7. The second kappa shape index (κ2) is 10.1. The first-order valence-corrected chi connectivity index (χ1v) is 9.94. The molecular weight excluding hydrogens is 422 g/mol. The molecule has 0 bridgehead atoms. The zero-order valence-electron chi connectivity index (χ0n) is 16.6. The molecule has 0 aliphatic heterocycles. The van der Waals surface area contributed by atoms with Gasteiger partial charge in [0.1, 0.15) is 11.5 Å². The van der Waals surface area contributed by atoms with Crippen LogP contribution in [0.1, 0.15) is 30.5 Å². The molecule has 0 aliphatic rings. The number of nitrogens with zero attached hydrogens (tertiary/aromatic N) is 2. The first kappa shape index (κ1) is 21.8. The molecule has 0 aromatic heterocycles. The van der Waals surface area contributed by atoms with Crippen LogP contribution in [0.15, 0.2) is 39.9 Å². The molecule has 6 nitrogen and oxygen atoms in total. The van der Waals surface area contributed by atoms with Crippen LogP contribution in [0.4, 0.5) is 5.69 Å². The van der Waals surface area contributed by atoms with Crippen LogP contribution in [0.3, 0.4) is 0 Å². The normalized spacial score (nSPS) is 10.9. The van der Waals surface area contributed by atoms with E-state index in [1.807, 2.05) is 32.0 Å². The maximum atomic E-state index is 12.0. The highest BCUT2D eigenvalue weighted by Crippen LogP contribution is 2.27. The number of halogens is 1. The van der Waals surface area contributed by atoms with Crippen molar-refractivity contribution in [2.45, 2.75) is 27.7 Å². The average Bonchev–Trinajstić information content (AvgIpc) is 2.63. The number of hydrogen-bond acceptors (Lipinski definition) is 5.